The van der Waals surface area contributed by atoms with E-state index in [0.29, 0.717) is 25.1 Å². The van der Waals surface area contributed by atoms with E-state index in [9.17, 15) is 4.79 Å². The number of hydrogen-bond acceptors (Lipinski definition) is 7. The topological polar surface area (TPSA) is 106 Å². The molecule has 10 heteroatoms. The molecule has 2 N–H and O–H groups in total. The zero-order valence-corrected chi connectivity index (χ0v) is 23.4. The fraction of sp³-hybridized carbons (Fsp3) is 0.533. The quantitative estimate of drug-likeness (QED) is 0.402. The molecule has 2 fully saturated rings. The number of anilines is 2. The third-order valence-electron chi connectivity index (χ3n) is 7.98. The predicted molar refractivity (Wildman–Crippen MR) is 152 cm³/mol. The minimum Gasteiger partial charge on any atom is -0.381 e. The number of rotatable bonds is 7. The van der Waals surface area contributed by atoms with Gasteiger partial charge in [-0.3, -0.25) is 4.68 Å². The average molecular weight is 546 g/mol. The number of urea groups is 1. The van der Waals surface area contributed by atoms with E-state index in [-0.39, 0.29) is 24.3 Å². The lowest BCUT2D eigenvalue weighted by molar-refractivity contribution is -0.0644. The SMILES string of the molecule is CC(C)OC1CN(C(=O)NC2CCCCc3cc(-c4ccnc(Nc5cnn(C6CCOCC6)c5)n4)ccc32)C1. The van der Waals surface area contributed by atoms with E-state index in [2.05, 4.69) is 38.9 Å². The van der Waals surface area contributed by atoms with E-state index in [4.69, 9.17) is 14.5 Å². The van der Waals surface area contributed by atoms with Gasteiger partial charge in [-0.1, -0.05) is 18.6 Å². The van der Waals surface area contributed by atoms with Crippen LogP contribution >= 0.6 is 0 Å². The molecular formula is C30H39N7O3. The molecule has 2 saturated heterocycles. The smallest absolute Gasteiger partial charge is 0.318 e. The molecule has 212 valence electrons. The Morgan fingerprint density at radius 2 is 1.98 bits per heavy atom. The van der Waals surface area contributed by atoms with E-state index in [1.807, 2.05) is 41.9 Å². The van der Waals surface area contributed by atoms with Crippen molar-refractivity contribution in [3.63, 3.8) is 0 Å². The maximum atomic E-state index is 12.9. The summed E-state index contributed by atoms with van der Waals surface area (Å²) < 4.78 is 13.3. The van der Waals surface area contributed by atoms with Gasteiger partial charge in [-0.05, 0) is 69.2 Å². The highest BCUT2D eigenvalue weighted by molar-refractivity contribution is 5.76. The molecule has 6 rings (SSSR count). The molecular weight excluding hydrogens is 506 g/mol. The molecule has 0 saturated carbocycles. The first-order valence-corrected chi connectivity index (χ1v) is 14.6. The van der Waals surface area contributed by atoms with Gasteiger partial charge in [-0.15, -0.1) is 0 Å². The molecule has 40 heavy (non-hydrogen) atoms. The van der Waals surface area contributed by atoms with Crippen LogP contribution in [0.15, 0.2) is 42.9 Å². The predicted octanol–water partition coefficient (Wildman–Crippen LogP) is 5.02. The van der Waals surface area contributed by atoms with E-state index in [1.54, 1.807) is 6.20 Å². The van der Waals surface area contributed by atoms with Gasteiger partial charge in [-0.2, -0.15) is 5.10 Å². The van der Waals surface area contributed by atoms with Crippen molar-refractivity contribution in [1.82, 2.24) is 30.0 Å². The largest absolute Gasteiger partial charge is 0.381 e. The summed E-state index contributed by atoms with van der Waals surface area (Å²) in [5, 5.41) is 11.1. The van der Waals surface area contributed by atoms with Crippen LogP contribution in [0.5, 0.6) is 0 Å². The monoisotopic (exact) mass is 545 g/mol. The van der Waals surface area contributed by atoms with Gasteiger partial charge in [-0.25, -0.2) is 14.8 Å². The van der Waals surface area contributed by atoms with E-state index in [0.717, 1.165) is 68.7 Å². The number of fused-ring (bicyclic) bond motifs is 1. The zero-order chi connectivity index (χ0) is 27.5. The summed E-state index contributed by atoms with van der Waals surface area (Å²) in [6.45, 7) is 6.92. The molecule has 2 amide bonds. The first-order chi connectivity index (χ1) is 19.5. The highest BCUT2D eigenvalue weighted by Crippen LogP contribution is 2.32. The van der Waals surface area contributed by atoms with Crippen LogP contribution in [0.3, 0.4) is 0 Å². The third-order valence-corrected chi connectivity index (χ3v) is 7.98. The van der Waals surface area contributed by atoms with Crippen LogP contribution in [0, 0.1) is 0 Å². The van der Waals surface area contributed by atoms with Gasteiger partial charge in [0.15, 0.2) is 0 Å². The van der Waals surface area contributed by atoms with Crippen molar-refractivity contribution in [3.05, 3.63) is 54.0 Å². The lowest BCUT2D eigenvalue weighted by atomic mass is 9.95. The van der Waals surface area contributed by atoms with Crippen molar-refractivity contribution in [2.75, 3.05) is 31.6 Å². The van der Waals surface area contributed by atoms with Crippen LogP contribution in [0.2, 0.25) is 0 Å². The number of carbonyl (C=O) groups excluding carboxylic acids is 1. The Hall–Kier alpha value is -3.50. The van der Waals surface area contributed by atoms with Crippen molar-refractivity contribution in [2.45, 2.75) is 76.7 Å². The number of aryl methyl sites for hydroxylation is 1. The Kier molecular flexibility index (Phi) is 7.97. The molecule has 1 aliphatic carbocycles. The fourth-order valence-electron chi connectivity index (χ4n) is 5.87. The number of ether oxygens (including phenoxy) is 2. The van der Waals surface area contributed by atoms with E-state index in [1.165, 1.54) is 11.1 Å². The summed E-state index contributed by atoms with van der Waals surface area (Å²) in [4.78, 5) is 24.0. The molecule has 1 unspecified atom stereocenters. The van der Waals surface area contributed by atoms with Gasteiger partial charge in [0.1, 0.15) is 0 Å². The Labute approximate surface area is 235 Å². The third kappa shape index (κ3) is 6.13. The van der Waals surface area contributed by atoms with E-state index >= 15 is 0 Å². The lowest BCUT2D eigenvalue weighted by Crippen LogP contribution is -2.58. The van der Waals surface area contributed by atoms with Crippen LogP contribution < -0.4 is 10.6 Å². The standard InChI is InChI=1S/C30H39N7O3/c1-20(2)40-25-18-36(19-25)30(38)35-28-6-4-3-5-21-15-22(7-8-26(21)28)27-9-12-31-29(34-27)33-23-16-32-37(17-23)24-10-13-39-14-11-24/h7-9,12,15-17,20,24-25,28H,3-6,10-11,13-14,18-19H2,1-2H3,(H,35,38)(H,31,33,34). The molecule has 4 heterocycles. The van der Waals surface area contributed by atoms with Crippen molar-refractivity contribution >= 4 is 17.7 Å². The highest BCUT2D eigenvalue weighted by Gasteiger charge is 2.33. The molecule has 1 atom stereocenters. The Bertz CT molecular complexity index is 1310. The van der Waals surface area contributed by atoms with E-state index < -0.39 is 0 Å². The molecule has 1 aromatic carbocycles. The Balaban J connectivity index is 1.13. The number of carbonyl (C=O) groups is 1. The number of amides is 2. The molecule has 3 aromatic rings. The van der Waals surface area contributed by atoms with Crippen LogP contribution in [0.4, 0.5) is 16.4 Å². The first-order valence-electron chi connectivity index (χ1n) is 14.6. The van der Waals surface area contributed by atoms with Gasteiger partial charge in [0.2, 0.25) is 5.95 Å². The zero-order valence-electron chi connectivity index (χ0n) is 23.4. The summed E-state index contributed by atoms with van der Waals surface area (Å²) >= 11 is 0. The lowest BCUT2D eigenvalue weighted by Gasteiger charge is -2.40. The second-order valence-electron chi connectivity index (χ2n) is 11.3. The number of nitrogens with one attached hydrogen (secondary N) is 2. The summed E-state index contributed by atoms with van der Waals surface area (Å²) in [5.41, 5.74) is 5.26. The molecule has 2 aliphatic heterocycles. The minimum atomic E-state index is -0.00260. The van der Waals surface area contributed by atoms with Crippen molar-refractivity contribution in [1.29, 1.82) is 0 Å². The van der Waals surface area contributed by atoms with Gasteiger partial charge in [0, 0.05) is 31.2 Å². The number of likely N-dealkylation sites (tertiary alicyclic amines) is 1. The van der Waals surface area contributed by atoms with Crippen molar-refractivity contribution in [2.24, 2.45) is 0 Å². The molecule has 0 spiro atoms. The maximum absolute atomic E-state index is 12.9. The maximum Gasteiger partial charge on any atom is 0.318 e. The number of hydrogen-bond donors (Lipinski definition) is 2. The second kappa shape index (κ2) is 11.9. The minimum absolute atomic E-state index is 0.00260. The number of nitrogens with zero attached hydrogens (tertiary/aromatic N) is 5. The summed E-state index contributed by atoms with van der Waals surface area (Å²) in [6, 6.07) is 8.81. The molecule has 0 radical (unpaired) electrons. The Morgan fingerprint density at radius 1 is 1.12 bits per heavy atom. The normalized spacial score (nSPS) is 20.1. The number of aromatic nitrogens is 4. The summed E-state index contributed by atoms with van der Waals surface area (Å²) in [5.74, 6) is 0.540. The van der Waals surface area contributed by atoms with Crippen LogP contribution in [0.25, 0.3) is 11.3 Å². The van der Waals surface area contributed by atoms with Crippen LogP contribution in [-0.4, -0.2) is 69.2 Å². The summed E-state index contributed by atoms with van der Waals surface area (Å²) in [7, 11) is 0. The fourth-order valence-corrected chi connectivity index (χ4v) is 5.87. The van der Waals surface area contributed by atoms with Crippen LogP contribution in [0.1, 0.15) is 69.2 Å². The van der Waals surface area contributed by atoms with Gasteiger partial charge >= 0.3 is 6.03 Å². The highest BCUT2D eigenvalue weighted by atomic mass is 16.5. The van der Waals surface area contributed by atoms with Gasteiger partial charge in [0.25, 0.3) is 0 Å². The molecule has 2 aromatic heterocycles. The van der Waals surface area contributed by atoms with Gasteiger partial charge in [0.05, 0.1) is 55.0 Å². The second-order valence-corrected chi connectivity index (χ2v) is 11.3. The Morgan fingerprint density at radius 3 is 2.80 bits per heavy atom. The summed E-state index contributed by atoms with van der Waals surface area (Å²) in [6.07, 6.45) is 12.0. The van der Waals surface area contributed by atoms with Gasteiger partial charge < -0.3 is 25.0 Å². The first kappa shape index (κ1) is 26.7. The molecule has 3 aliphatic rings. The van der Waals surface area contributed by atoms with Crippen molar-refractivity contribution in [3.8, 4) is 11.3 Å². The van der Waals surface area contributed by atoms with Crippen molar-refractivity contribution < 1.29 is 14.3 Å². The number of benzene rings is 1. The molecule has 10 nitrogen and oxygen atoms in total. The molecule has 0 bridgehead atoms. The average Bonchev–Trinajstić information content (AvgIpc) is 3.31. The van der Waals surface area contributed by atoms with Crippen LogP contribution in [-0.2, 0) is 15.9 Å².